The van der Waals surface area contributed by atoms with Crippen molar-refractivity contribution in [3.63, 3.8) is 0 Å². The van der Waals surface area contributed by atoms with E-state index < -0.39 is 0 Å². The zero-order chi connectivity index (χ0) is 12.2. The smallest absolute Gasteiger partial charge is 0.0928 e. The maximum atomic E-state index is 4.89. The second kappa shape index (κ2) is 6.16. The molecule has 0 radical (unpaired) electrons. The van der Waals surface area contributed by atoms with E-state index in [1.165, 1.54) is 75.0 Å². The highest BCUT2D eigenvalue weighted by atomic mass is 32.1. The Hall–Kier alpha value is -0.410. The summed E-state index contributed by atoms with van der Waals surface area (Å²) in [5.74, 6) is 0.772. The molecule has 1 aliphatic carbocycles. The lowest BCUT2D eigenvalue weighted by atomic mass is 9.87. The number of nitrogens with zero attached hydrogens (tertiary/aromatic N) is 1. The van der Waals surface area contributed by atoms with Crippen LogP contribution in [0.15, 0.2) is 5.38 Å². The Morgan fingerprint density at radius 2 is 2.06 bits per heavy atom. The van der Waals surface area contributed by atoms with E-state index in [9.17, 15) is 0 Å². The molecule has 2 heterocycles. The van der Waals surface area contributed by atoms with Crippen molar-refractivity contribution in [1.82, 2.24) is 10.3 Å². The van der Waals surface area contributed by atoms with Crippen molar-refractivity contribution in [2.24, 2.45) is 0 Å². The maximum Gasteiger partial charge on any atom is 0.0928 e. The molecule has 1 atom stereocenters. The van der Waals surface area contributed by atoms with Crippen LogP contribution in [0.4, 0.5) is 0 Å². The molecule has 2 fully saturated rings. The molecule has 18 heavy (non-hydrogen) atoms. The Kier molecular flexibility index (Phi) is 4.32. The summed E-state index contributed by atoms with van der Waals surface area (Å²) in [4.78, 5) is 4.89. The number of rotatable bonds is 4. The normalized spacial score (nSPS) is 25.7. The third-order valence-electron chi connectivity index (χ3n) is 4.46. The highest BCUT2D eigenvalue weighted by Gasteiger charge is 2.19. The van der Waals surface area contributed by atoms with Crippen molar-refractivity contribution in [2.75, 3.05) is 6.54 Å². The SMILES string of the molecule is c1sc(CCC2CCCN2)nc1C1CCCCC1. The third kappa shape index (κ3) is 3.12. The molecule has 3 rings (SSSR count). The average Bonchev–Trinajstić information content (AvgIpc) is 3.09. The fourth-order valence-electron chi connectivity index (χ4n) is 3.33. The van der Waals surface area contributed by atoms with E-state index in [0.717, 1.165) is 12.0 Å². The van der Waals surface area contributed by atoms with Crippen LogP contribution in [0.25, 0.3) is 0 Å². The Morgan fingerprint density at radius 1 is 1.17 bits per heavy atom. The molecule has 1 aromatic rings. The first kappa shape index (κ1) is 12.6. The van der Waals surface area contributed by atoms with Gasteiger partial charge in [0.2, 0.25) is 0 Å². The Morgan fingerprint density at radius 3 is 2.83 bits per heavy atom. The fourth-order valence-corrected chi connectivity index (χ4v) is 4.22. The van der Waals surface area contributed by atoms with E-state index in [-0.39, 0.29) is 0 Å². The van der Waals surface area contributed by atoms with Gasteiger partial charge in [0.15, 0.2) is 0 Å². The van der Waals surface area contributed by atoms with Gasteiger partial charge in [0.1, 0.15) is 0 Å². The van der Waals surface area contributed by atoms with Crippen LogP contribution < -0.4 is 5.32 Å². The number of hydrogen-bond donors (Lipinski definition) is 1. The van der Waals surface area contributed by atoms with Crippen LogP contribution in [-0.2, 0) is 6.42 Å². The van der Waals surface area contributed by atoms with Gasteiger partial charge >= 0.3 is 0 Å². The molecule has 1 saturated carbocycles. The zero-order valence-corrected chi connectivity index (χ0v) is 12.0. The van der Waals surface area contributed by atoms with E-state index in [4.69, 9.17) is 4.98 Å². The second-order valence-corrected chi connectivity index (χ2v) is 6.78. The van der Waals surface area contributed by atoms with Crippen LogP contribution in [0, 0.1) is 0 Å². The molecule has 2 nitrogen and oxygen atoms in total. The van der Waals surface area contributed by atoms with E-state index in [1.807, 2.05) is 11.3 Å². The highest BCUT2D eigenvalue weighted by Crippen LogP contribution is 2.33. The van der Waals surface area contributed by atoms with E-state index in [1.54, 1.807) is 0 Å². The van der Waals surface area contributed by atoms with E-state index >= 15 is 0 Å². The first-order valence-electron chi connectivity index (χ1n) is 7.59. The Labute approximate surface area is 114 Å². The number of hydrogen-bond acceptors (Lipinski definition) is 3. The minimum Gasteiger partial charge on any atom is -0.314 e. The molecule has 0 spiro atoms. The summed E-state index contributed by atoms with van der Waals surface area (Å²) in [7, 11) is 0. The molecule has 1 N–H and O–H groups in total. The molecule has 1 aliphatic heterocycles. The van der Waals surface area contributed by atoms with Crippen LogP contribution in [0.1, 0.15) is 68.0 Å². The van der Waals surface area contributed by atoms with Gasteiger partial charge in [0, 0.05) is 23.8 Å². The fraction of sp³-hybridized carbons (Fsp3) is 0.800. The molecule has 0 aromatic carbocycles. The minimum absolute atomic E-state index is 0.757. The number of thiazole rings is 1. The predicted octanol–water partition coefficient (Wildman–Crippen LogP) is 3.88. The second-order valence-electron chi connectivity index (χ2n) is 5.83. The maximum absolute atomic E-state index is 4.89. The van der Waals surface area contributed by atoms with Crippen molar-refractivity contribution < 1.29 is 0 Å². The van der Waals surface area contributed by atoms with Crippen LogP contribution in [-0.4, -0.2) is 17.6 Å². The van der Waals surface area contributed by atoms with Gasteiger partial charge in [-0.05, 0) is 38.6 Å². The molecule has 1 aromatic heterocycles. The van der Waals surface area contributed by atoms with Crippen LogP contribution in [0.3, 0.4) is 0 Å². The van der Waals surface area contributed by atoms with Gasteiger partial charge in [0.05, 0.1) is 10.7 Å². The van der Waals surface area contributed by atoms with Crippen molar-refractivity contribution in [3.05, 3.63) is 16.1 Å². The Balaban J connectivity index is 1.52. The lowest BCUT2D eigenvalue weighted by Crippen LogP contribution is -2.21. The van der Waals surface area contributed by atoms with Crippen LogP contribution in [0.5, 0.6) is 0 Å². The molecule has 3 heteroatoms. The summed E-state index contributed by atoms with van der Waals surface area (Å²) in [6.45, 7) is 1.22. The number of aryl methyl sites for hydroxylation is 1. The van der Waals surface area contributed by atoms with Crippen LogP contribution >= 0.6 is 11.3 Å². The van der Waals surface area contributed by atoms with Gasteiger partial charge in [0.25, 0.3) is 0 Å². The molecular weight excluding hydrogens is 240 g/mol. The monoisotopic (exact) mass is 264 g/mol. The molecule has 2 aliphatic rings. The topological polar surface area (TPSA) is 24.9 Å². The number of nitrogens with one attached hydrogen (secondary N) is 1. The summed E-state index contributed by atoms with van der Waals surface area (Å²) in [6, 6.07) is 0.757. The van der Waals surface area contributed by atoms with Gasteiger partial charge in [-0.25, -0.2) is 4.98 Å². The molecule has 1 saturated heterocycles. The summed E-state index contributed by atoms with van der Waals surface area (Å²) in [5.41, 5.74) is 1.40. The van der Waals surface area contributed by atoms with Gasteiger partial charge in [-0.3, -0.25) is 0 Å². The summed E-state index contributed by atoms with van der Waals surface area (Å²) in [5, 5.41) is 7.27. The van der Waals surface area contributed by atoms with E-state index in [2.05, 4.69) is 10.7 Å². The quantitative estimate of drug-likeness (QED) is 0.893. The lowest BCUT2D eigenvalue weighted by Gasteiger charge is -2.19. The first-order chi connectivity index (χ1) is 8.92. The zero-order valence-electron chi connectivity index (χ0n) is 11.2. The first-order valence-corrected chi connectivity index (χ1v) is 8.47. The largest absolute Gasteiger partial charge is 0.314 e. The highest BCUT2D eigenvalue weighted by molar-refractivity contribution is 7.09. The number of aromatic nitrogens is 1. The van der Waals surface area contributed by atoms with Crippen LogP contribution in [0.2, 0.25) is 0 Å². The summed E-state index contributed by atoms with van der Waals surface area (Å²) < 4.78 is 0. The van der Waals surface area contributed by atoms with Gasteiger partial charge < -0.3 is 5.32 Å². The third-order valence-corrected chi connectivity index (χ3v) is 5.39. The molecule has 100 valence electrons. The lowest BCUT2D eigenvalue weighted by molar-refractivity contribution is 0.437. The molecular formula is C15H24N2S. The molecule has 0 bridgehead atoms. The van der Waals surface area contributed by atoms with Crippen molar-refractivity contribution in [1.29, 1.82) is 0 Å². The van der Waals surface area contributed by atoms with Crippen molar-refractivity contribution in [2.45, 2.75) is 69.7 Å². The summed E-state index contributed by atoms with van der Waals surface area (Å²) >= 11 is 1.89. The van der Waals surface area contributed by atoms with Crippen molar-refractivity contribution >= 4 is 11.3 Å². The van der Waals surface area contributed by atoms with E-state index in [0.29, 0.717) is 0 Å². The Bertz CT molecular complexity index is 362. The van der Waals surface area contributed by atoms with Gasteiger partial charge in [-0.15, -0.1) is 11.3 Å². The molecule has 0 amide bonds. The predicted molar refractivity (Wildman–Crippen MR) is 77.3 cm³/mol. The summed E-state index contributed by atoms with van der Waals surface area (Å²) in [6.07, 6.45) is 12.2. The minimum atomic E-state index is 0.757. The molecule has 1 unspecified atom stereocenters. The standard InChI is InChI=1S/C15H24N2S/c1-2-5-12(6-3-1)14-11-18-15(17-14)9-8-13-7-4-10-16-13/h11-13,16H,1-10H2. The van der Waals surface area contributed by atoms with Gasteiger partial charge in [-0.1, -0.05) is 19.3 Å². The average molecular weight is 264 g/mol. The van der Waals surface area contributed by atoms with Crippen molar-refractivity contribution in [3.8, 4) is 0 Å². The van der Waals surface area contributed by atoms with Gasteiger partial charge in [-0.2, -0.15) is 0 Å².